The Morgan fingerprint density at radius 2 is 1.94 bits per heavy atom. The number of hydroxylamine groups is 2. The van der Waals surface area contributed by atoms with Gasteiger partial charge in [0.2, 0.25) is 0 Å². The number of carbonyl (C=O) groups excluding carboxylic acids is 3. The SMILES string of the molecule is C=C/C=C\C=C1/Cc2sc(C(=O)N(C)OC)c(OCCOCC)c2C(=O)N1CC(=O)c1ccccc1. The molecule has 0 atom stereocenters. The highest BCUT2D eigenvalue weighted by atomic mass is 32.1. The van der Waals surface area contributed by atoms with Crippen LogP contribution >= 0.6 is 11.3 Å². The second-order valence-electron chi connectivity index (χ2n) is 7.72. The lowest BCUT2D eigenvalue weighted by molar-refractivity contribution is -0.0755. The minimum Gasteiger partial charge on any atom is -0.489 e. The number of carbonyl (C=O) groups is 3. The average Bonchev–Trinajstić information content (AvgIpc) is 3.26. The molecule has 0 fully saturated rings. The molecule has 0 N–H and O–H groups in total. The van der Waals surface area contributed by atoms with Gasteiger partial charge in [0.25, 0.3) is 11.8 Å². The lowest BCUT2D eigenvalue weighted by Crippen LogP contribution is -2.39. The number of ether oxygens (including phenoxy) is 2. The second kappa shape index (κ2) is 13.0. The van der Waals surface area contributed by atoms with Gasteiger partial charge in [0.15, 0.2) is 11.5 Å². The van der Waals surface area contributed by atoms with Crippen molar-refractivity contribution < 1.29 is 28.7 Å². The first kappa shape index (κ1) is 27.1. The minimum absolute atomic E-state index is 0.147. The van der Waals surface area contributed by atoms with Crippen molar-refractivity contribution in [3.05, 3.63) is 87.8 Å². The van der Waals surface area contributed by atoms with Gasteiger partial charge < -0.3 is 14.4 Å². The van der Waals surface area contributed by atoms with E-state index in [9.17, 15) is 14.4 Å². The molecule has 36 heavy (non-hydrogen) atoms. The maximum atomic E-state index is 13.8. The Morgan fingerprint density at radius 1 is 1.19 bits per heavy atom. The van der Waals surface area contributed by atoms with Gasteiger partial charge in [0.05, 0.1) is 25.8 Å². The smallest absolute Gasteiger partial charge is 0.291 e. The van der Waals surface area contributed by atoms with Crippen LogP contribution in [0.5, 0.6) is 5.75 Å². The number of fused-ring (bicyclic) bond motifs is 1. The van der Waals surface area contributed by atoms with E-state index in [1.807, 2.05) is 13.0 Å². The van der Waals surface area contributed by atoms with E-state index in [1.54, 1.807) is 48.6 Å². The highest BCUT2D eigenvalue weighted by Crippen LogP contribution is 2.42. The van der Waals surface area contributed by atoms with Crippen molar-refractivity contribution in [3.63, 3.8) is 0 Å². The van der Waals surface area contributed by atoms with Crippen LogP contribution in [0.4, 0.5) is 0 Å². The molecule has 2 heterocycles. The summed E-state index contributed by atoms with van der Waals surface area (Å²) in [6.45, 7) is 6.38. The topological polar surface area (TPSA) is 85.4 Å². The van der Waals surface area contributed by atoms with E-state index in [4.69, 9.17) is 14.3 Å². The van der Waals surface area contributed by atoms with E-state index in [-0.39, 0.29) is 35.1 Å². The Balaban J connectivity index is 2.05. The summed E-state index contributed by atoms with van der Waals surface area (Å²) in [4.78, 5) is 47.4. The predicted octanol–water partition coefficient (Wildman–Crippen LogP) is 4.30. The summed E-state index contributed by atoms with van der Waals surface area (Å²) in [5, 5.41) is 1.08. The number of allylic oxidation sites excluding steroid dienone is 5. The molecule has 1 aromatic carbocycles. The molecule has 1 aromatic heterocycles. The Labute approximate surface area is 215 Å². The highest BCUT2D eigenvalue weighted by molar-refractivity contribution is 7.14. The third-order valence-corrected chi connectivity index (χ3v) is 6.61. The van der Waals surface area contributed by atoms with Gasteiger partial charge in [-0.3, -0.25) is 19.2 Å². The number of rotatable bonds is 12. The molecule has 0 unspecified atom stereocenters. The molecule has 8 nitrogen and oxygen atoms in total. The monoisotopic (exact) mass is 510 g/mol. The molecular weight excluding hydrogens is 480 g/mol. The van der Waals surface area contributed by atoms with Crippen LogP contribution in [0.1, 0.15) is 42.2 Å². The normalized spacial score (nSPS) is 14.2. The molecule has 1 aliphatic heterocycles. The van der Waals surface area contributed by atoms with Gasteiger partial charge in [-0.1, -0.05) is 55.1 Å². The summed E-state index contributed by atoms with van der Waals surface area (Å²) in [6.07, 6.45) is 7.25. The van der Waals surface area contributed by atoms with Crippen LogP contribution in [0, 0.1) is 0 Å². The molecule has 2 aromatic rings. The molecule has 0 saturated heterocycles. The first-order valence-corrected chi connectivity index (χ1v) is 12.3. The number of ketones is 1. The maximum Gasteiger partial charge on any atom is 0.291 e. The van der Waals surface area contributed by atoms with Crippen molar-refractivity contribution in [2.24, 2.45) is 0 Å². The number of hydrogen-bond donors (Lipinski definition) is 0. The third kappa shape index (κ3) is 6.17. The van der Waals surface area contributed by atoms with E-state index in [2.05, 4.69) is 6.58 Å². The lowest BCUT2D eigenvalue weighted by atomic mass is 10.0. The zero-order chi connectivity index (χ0) is 26.1. The number of Topliss-reactive ketones (excluding diaryl/α,β-unsaturated/α-hetero) is 1. The Morgan fingerprint density at radius 3 is 2.61 bits per heavy atom. The molecule has 190 valence electrons. The quantitative estimate of drug-likeness (QED) is 0.183. The van der Waals surface area contributed by atoms with E-state index in [0.717, 1.165) is 5.06 Å². The van der Waals surface area contributed by atoms with Crippen LogP contribution in [0.3, 0.4) is 0 Å². The van der Waals surface area contributed by atoms with Gasteiger partial charge in [-0.2, -0.15) is 0 Å². The summed E-state index contributed by atoms with van der Waals surface area (Å²) >= 11 is 1.19. The van der Waals surface area contributed by atoms with Gasteiger partial charge in [-0.05, 0) is 13.0 Å². The van der Waals surface area contributed by atoms with E-state index >= 15 is 0 Å². The van der Waals surface area contributed by atoms with Crippen LogP contribution in [0.2, 0.25) is 0 Å². The van der Waals surface area contributed by atoms with Crippen molar-refractivity contribution in [3.8, 4) is 5.75 Å². The third-order valence-electron chi connectivity index (χ3n) is 5.45. The van der Waals surface area contributed by atoms with Crippen LogP contribution in [-0.4, -0.2) is 68.1 Å². The van der Waals surface area contributed by atoms with Gasteiger partial charge >= 0.3 is 0 Å². The molecular formula is C27H30N2O6S. The Kier molecular flexibility index (Phi) is 9.75. The average molecular weight is 511 g/mol. The predicted molar refractivity (Wildman–Crippen MR) is 138 cm³/mol. The van der Waals surface area contributed by atoms with Crippen LogP contribution < -0.4 is 4.74 Å². The van der Waals surface area contributed by atoms with Gasteiger partial charge in [0.1, 0.15) is 11.5 Å². The first-order valence-electron chi connectivity index (χ1n) is 11.5. The van der Waals surface area contributed by atoms with Gasteiger partial charge in [0, 0.05) is 36.2 Å². The van der Waals surface area contributed by atoms with Gasteiger partial charge in [-0.25, -0.2) is 5.06 Å². The molecule has 0 saturated carbocycles. The molecule has 1 aliphatic rings. The van der Waals surface area contributed by atoms with Crippen LogP contribution in [-0.2, 0) is 16.0 Å². The lowest BCUT2D eigenvalue weighted by Gasteiger charge is -2.29. The van der Waals surface area contributed by atoms with E-state index < -0.39 is 11.8 Å². The minimum atomic E-state index is -0.430. The Hall–Kier alpha value is -3.53. The Bertz CT molecular complexity index is 1170. The summed E-state index contributed by atoms with van der Waals surface area (Å²) < 4.78 is 11.3. The molecule has 0 bridgehead atoms. The van der Waals surface area contributed by atoms with Crippen molar-refractivity contribution in [1.82, 2.24) is 9.96 Å². The molecule has 0 spiro atoms. The fraction of sp³-hybridized carbons (Fsp3) is 0.296. The molecule has 3 rings (SSSR count). The zero-order valence-electron chi connectivity index (χ0n) is 20.7. The van der Waals surface area contributed by atoms with Gasteiger partial charge in [-0.15, -0.1) is 11.3 Å². The van der Waals surface area contributed by atoms with Crippen LogP contribution in [0.25, 0.3) is 0 Å². The summed E-state index contributed by atoms with van der Waals surface area (Å²) in [7, 11) is 2.87. The number of nitrogens with zero attached hydrogens (tertiary/aromatic N) is 2. The second-order valence-corrected chi connectivity index (χ2v) is 8.83. The van der Waals surface area contributed by atoms with Crippen molar-refractivity contribution >= 4 is 28.9 Å². The molecule has 0 aliphatic carbocycles. The largest absolute Gasteiger partial charge is 0.489 e. The van der Waals surface area contributed by atoms with Crippen molar-refractivity contribution in [2.75, 3.05) is 40.5 Å². The maximum absolute atomic E-state index is 13.8. The number of thiophene rings is 1. The van der Waals surface area contributed by atoms with Crippen molar-refractivity contribution in [1.29, 1.82) is 0 Å². The zero-order valence-corrected chi connectivity index (χ0v) is 21.5. The molecule has 0 radical (unpaired) electrons. The summed E-state index contributed by atoms with van der Waals surface area (Å²) in [5.74, 6) is -0.845. The first-order chi connectivity index (χ1) is 17.4. The van der Waals surface area contributed by atoms with E-state index in [1.165, 1.54) is 30.4 Å². The number of benzene rings is 1. The molecule has 2 amide bonds. The number of amides is 2. The van der Waals surface area contributed by atoms with E-state index in [0.29, 0.717) is 35.8 Å². The highest BCUT2D eigenvalue weighted by Gasteiger charge is 2.38. The molecule has 9 heteroatoms. The van der Waals surface area contributed by atoms with Crippen molar-refractivity contribution in [2.45, 2.75) is 13.3 Å². The van der Waals surface area contributed by atoms with Crippen LogP contribution in [0.15, 0.2) is 66.9 Å². The fourth-order valence-electron chi connectivity index (χ4n) is 3.60. The standard InChI is InChI=1S/C27H30N2O6S/c1-5-7-9-14-20-17-22-23(26(31)29(20)18-21(30)19-12-10-8-11-13-19)24(35-16-15-34-6-2)25(36-22)27(32)28(3)33-4/h5,7-14H,1,6,15-18H2,2-4H3/b9-7-,20-14+. The number of hydrogen-bond acceptors (Lipinski definition) is 7. The summed E-state index contributed by atoms with van der Waals surface area (Å²) in [6, 6.07) is 8.81. The summed E-state index contributed by atoms with van der Waals surface area (Å²) in [5.41, 5.74) is 1.43. The fourth-order valence-corrected chi connectivity index (χ4v) is 4.82.